The van der Waals surface area contributed by atoms with Crippen LogP contribution in [0.3, 0.4) is 0 Å². The quantitative estimate of drug-likeness (QED) is 0.924. The van der Waals surface area contributed by atoms with Gasteiger partial charge < -0.3 is 5.73 Å². The zero-order valence-corrected chi connectivity index (χ0v) is 10.6. The predicted molar refractivity (Wildman–Crippen MR) is 64.5 cm³/mol. The summed E-state index contributed by atoms with van der Waals surface area (Å²) in [5.74, 6) is 0.573. The van der Waals surface area contributed by atoms with Crippen LogP contribution in [0.25, 0.3) is 0 Å². The molecule has 3 nitrogen and oxygen atoms in total. The van der Waals surface area contributed by atoms with Crippen molar-refractivity contribution in [3.63, 3.8) is 0 Å². The molecule has 2 heterocycles. The molecule has 15 heavy (non-hydrogen) atoms. The molecule has 1 saturated heterocycles. The van der Waals surface area contributed by atoms with E-state index in [2.05, 4.69) is 26.9 Å². The molecule has 0 radical (unpaired) electrons. The van der Waals surface area contributed by atoms with Crippen molar-refractivity contribution in [1.82, 2.24) is 4.90 Å². The van der Waals surface area contributed by atoms with Crippen LogP contribution >= 0.6 is 27.3 Å². The van der Waals surface area contributed by atoms with Gasteiger partial charge in [-0.25, -0.2) is 0 Å². The van der Waals surface area contributed by atoms with Gasteiger partial charge in [-0.05, 0) is 40.5 Å². The Morgan fingerprint density at radius 1 is 1.67 bits per heavy atom. The Morgan fingerprint density at radius 3 is 2.87 bits per heavy atom. The molecule has 0 saturated carbocycles. The van der Waals surface area contributed by atoms with Crippen LogP contribution in [0.15, 0.2) is 15.9 Å². The summed E-state index contributed by atoms with van der Waals surface area (Å²) in [6.45, 7) is 2.62. The van der Waals surface area contributed by atoms with Gasteiger partial charge in [0, 0.05) is 18.0 Å². The average Bonchev–Trinajstić information content (AvgIpc) is 2.57. The molecule has 1 aliphatic rings. The number of likely N-dealkylation sites (tertiary alicyclic amines) is 1. The monoisotopic (exact) mass is 285 g/mol. The van der Waals surface area contributed by atoms with Crippen LogP contribution in [0.2, 0.25) is 0 Å². The van der Waals surface area contributed by atoms with Gasteiger partial charge >= 0.3 is 0 Å². The van der Waals surface area contributed by atoms with Crippen molar-refractivity contribution in [3.8, 4) is 6.07 Å². The second kappa shape index (κ2) is 4.62. The molecule has 1 fully saturated rings. The lowest BCUT2D eigenvalue weighted by atomic mass is 9.98. The maximum absolute atomic E-state index is 9.15. The highest BCUT2D eigenvalue weighted by Crippen LogP contribution is 2.33. The molecule has 1 atom stereocenters. The number of rotatable bonds is 3. The van der Waals surface area contributed by atoms with Gasteiger partial charge in [-0.2, -0.15) is 5.26 Å². The third kappa shape index (κ3) is 2.23. The highest BCUT2D eigenvalue weighted by molar-refractivity contribution is 9.11. The van der Waals surface area contributed by atoms with Gasteiger partial charge in [0.25, 0.3) is 0 Å². The van der Waals surface area contributed by atoms with E-state index in [0.717, 1.165) is 28.3 Å². The number of halogens is 1. The Hall–Kier alpha value is -0.410. The van der Waals surface area contributed by atoms with Crippen LogP contribution in [-0.4, -0.2) is 24.5 Å². The van der Waals surface area contributed by atoms with Gasteiger partial charge in [-0.3, -0.25) is 4.90 Å². The number of nitrogens with zero attached hydrogens (tertiary/aromatic N) is 2. The highest BCUT2D eigenvalue weighted by Gasteiger charge is 2.32. The summed E-state index contributed by atoms with van der Waals surface area (Å²) in [7, 11) is 0. The molecular formula is C10H12BrN3S. The Labute approximate surface area is 102 Å². The van der Waals surface area contributed by atoms with E-state index in [0.29, 0.717) is 5.92 Å². The fourth-order valence-electron chi connectivity index (χ4n) is 1.77. The zero-order chi connectivity index (χ0) is 10.8. The molecule has 1 aliphatic heterocycles. The van der Waals surface area contributed by atoms with Crippen molar-refractivity contribution in [1.29, 1.82) is 5.26 Å². The first-order valence-corrected chi connectivity index (χ1v) is 6.44. The van der Waals surface area contributed by atoms with E-state index in [1.165, 1.54) is 0 Å². The van der Waals surface area contributed by atoms with Gasteiger partial charge in [0.05, 0.1) is 9.86 Å². The summed E-state index contributed by atoms with van der Waals surface area (Å²) in [6, 6.07) is 6.26. The van der Waals surface area contributed by atoms with E-state index in [4.69, 9.17) is 11.0 Å². The van der Waals surface area contributed by atoms with Crippen molar-refractivity contribution in [2.45, 2.75) is 6.04 Å². The minimum absolute atomic E-state index is 0.0934. The first-order chi connectivity index (χ1) is 7.24. The van der Waals surface area contributed by atoms with Gasteiger partial charge in [-0.1, -0.05) is 0 Å². The van der Waals surface area contributed by atoms with Crippen molar-refractivity contribution in [2.24, 2.45) is 11.7 Å². The van der Waals surface area contributed by atoms with E-state index in [1.54, 1.807) is 11.3 Å². The molecule has 1 aromatic heterocycles. The number of thiophene rings is 1. The molecular weight excluding hydrogens is 274 g/mol. The second-order valence-corrected chi connectivity index (χ2v) is 6.22. The van der Waals surface area contributed by atoms with Crippen LogP contribution < -0.4 is 5.73 Å². The van der Waals surface area contributed by atoms with Crippen LogP contribution in [0.1, 0.15) is 10.9 Å². The zero-order valence-electron chi connectivity index (χ0n) is 8.19. The first-order valence-electron chi connectivity index (χ1n) is 4.83. The Bertz CT molecular complexity index is 378. The highest BCUT2D eigenvalue weighted by atomic mass is 79.9. The van der Waals surface area contributed by atoms with Crippen LogP contribution in [-0.2, 0) is 0 Å². The van der Waals surface area contributed by atoms with Crippen molar-refractivity contribution < 1.29 is 0 Å². The lowest BCUT2D eigenvalue weighted by molar-refractivity contribution is 0.0812. The Kier molecular flexibility index (Phi) is 3.42. The summed E-state index contributed by atoms with van der Waals surface area (Å²) < 4.78 is 1.08. The molecule has 0 aliphatic carbocycles. The van der Waals surface area contributed by atoms with Crippen LogP contribution in [0.4, 0.5) is 0 Å². The van der Waals surface area contributed by atoms with Gasteiger partial charge in [0.1, 0.15) is 6.04 Å². The van der Waals surface area contributed by atoms with E-state index in [-0.39, 0.29) is 6.04 Å². The third-order valence-corrected chi connectivity index (χ3v) is 4.35. The Morgan fingerprint density at radius 2 is 2.40 bits per heavy atom. The van der Waals surface area contributed by atoms with Gasteiger partial charge in [-0.15, -0.1) is 11.3 Å². The third-order valence-electron chi connectivity index (χ3n) is 2.67. The normalized spacial score (nSPS) is 19.5. The van der Waals surface area contributed by atoms with E-state index >= 15 is 0 Å². The fraction of sp³-hybridized carbons (Fsp3) is 0.500. The second-order valence-electron chi connectivity index (χ2n) is 3.73. The summed E-state index contributed by atoms with van der Waals surface area (Å²) in [5, 5.41) is 9.15. The Balaban J connectivity index is 2.04. The smallest absolute Gasteiger partial charge is 0.133 e. The minimum atomic E-state index is -0.0934. The van der Waals surface area contributed by atoms with Gasteiger partial charge in [0.15, 0.2) is 0 Å². The number of nitrogens with two attached hydrogens (primary N) is 1. The maximum Gasteiger partial charge on any atom is 0.133 e. The molecule has 1 aromatic rings. The summed E-state index contributed by atoms with van der Waals surface area (Å²) in [5.41, 5.74) is 5.57. The minimum Gasteiger partial charge on any atom is -0.330 e. The molecule has 0 aromatic carbocycles. The van der Waals surface area contributed by atoms with Crippen LogP contribution in [0, 0.1) is 17.2 Å². The lowest BCUT2D eigenvalue weighted by Gasteiger charge is -2.41. The predicted octanol–water partition coefficient (Wildman–Crippen LogP) is 1.97. The summed E-state index contributed by atoms with van der Waals surface area (Å²) >= 11 is 5.04. The number of nitriles is 1. The summed E-state index contributed by atoms with van der Waals surface area (Å²) in [6.07, 6.45) is 0. The van der Waals surface area contributed by atoms with Crippen LogP contribution in [0.5, 0.6) is 0 Å². The molecule has 5 heteroatoms. The lowest BCUT2D eigenvalue weighted by Crippen LogP contribution is -2.50. The number of hydrogen-bond donors (Lipinski definition) is 1. The standard InChI is InChI=1S/C10H12BrN3S/c11-10-2-1-9(15-10)8(4-13)14-5-7(3-12)6-14/h1-2,7-8H,3,5-6,12H2/t8-/m1/s1. The van der Waals surface area contributed by atoms with Gasteiger partial charge in [0.2, 0.25) is 0 Å². The van der Waals surface area contributed by atoms with Crippen molar-refractivity contribution in [2.75, 3.05) is 19.6 Å². The SMILES string of the molecule is N#C[C@H](c1ccc(Br)s1)N1CC(CN)C1. The fourth-order valence-corrected chi connectivity index (χ4v) is 3.27. The maximum atomic E-state index is 9.15. The van der Waals surface area contributed by atoms with E-state index in [1.807, 2.05) is 12.1 Å². The molecule has 0 amide bonds. The van der Waals surface area contributed by atoms with E-state index in [9.17, 15) is 0 Å². The molecule has 0 spiro atoms. The molecule has 0 bridgehead atoms. The topological polar surface area (TPSA) is 53.0 Å². The van der Waals surface area contributed by atoms with Crippen molar-refractivity contribution in [3.05, 3.63) is 20.8 Å². The molecule has 80 valence electrons. The first kappa shape index (κ1) is 11.1. The molecule has 2 rings (SSSR count). The largest absolute Gasteiger partial charge is 0.330 e. The number of hydrogen-bond acceptors (Lipinski definition) is 4. The van der Waals surface area contributed by atoms with Crippen molar-refractivity contribution >= 4 is 27.3 Å². The van der Waals surface area contributed by atoms with E-state index < -0.39 is 0 Å². The average molecular weight is 286 g/mol. The molecule has 0 unspecified atom stereocenters. The summed E-state index contributed by atoms with van der Waals surface area (Å²) in [4.78, 5) is 3.29. The molecule has 2 N–H and O–H groups in total.